The number of halogens is 2. The lowest BCUT2D eigenvalue weighted by molar-refractivity contribution is 1.37. The highest BCUT2D eigenvalue weighted by atomic mass is 79.9. The molecule has 0 saturated heterocycles. The van der Waals surface area contributed by atoms with Crippen LogP contribution in [0.2, 0.25) is 5.02 Å². The largest absolute Gasteiger partial charge is 0.255 e. The van der Waals surface area contributed by atoms with Crippen LogP contribution in [0.15, 0.2) is 28.9 Å². The normalized spacial score (nSPS) is 10.7. The zero-order valence-corrected chi connectivity index (χ0v) is 9.35. The van der Waals surface area contributed by atoms with Crippen LogP contribution in [0.4, 0.5) is 0 Å². The highest BCUT2D eigenvalue weighted by molar-refractivity contribution is 9.10. The Morgan fingerprint density at radius 2 is 2.08 bits per heavy atom. The summed E-state index contributed by atoms with van der Waals surface area (Å²) in [6.07, 6.45) is 1.72. The molecule has 2 aromatic rings. The molecule has 0 unspecified atom stereocenters. The van der Waals surface area contributed by atoms with E-state index in [1.54, 1.807) is 12.3 Å². The van der Waals surface area contributed by atoms with E-state index in [0.29, 0.717) is 0 Å². The molecule has 0 aliphatic carbocycles. The first-order chi connectivity index (χ1) is 6.20. The summed E-state index contributed by atoms with van der Waals surface area (Å²) in [6.45, 7) is 2.03. The molecule has 0 amide bonds. The topological polar surface area (TPSA) is 12.9 Å². The van der Waals surface area contributed by atoms with Gasteiger partial charge in [-0.2, -0.15) is 0 Å². The predicted molar refractivity (Wildman–Crippen MR) is 59.2 cm³/mol. The third-order valence-corrected chi connectivity index (χ3v) is 3.32. The molecule has 66 valence electrons. The maximum Gasteiger partial charge on any atom is 0.0861 e. The monoisotopic (exact) mass is 255 g/mol. The summed E-state index contributed by atoms with van der Waals surface area (Å²) in [4.78, 5) is 4.27. The zero-order valence-electron chi connectivity index (χ0n) is 7.01. The smallest absolute Gasteiger partial charge is 0.0861 e. The van der Waals surface area contributed by atoms with Crippen molar-refractivity contribution in [2.24, 2.45) is 0 Å². The lowest BCUT2D eigenvalue weighted by Gasteiger charge is -2.03. The Kier molecular flexibility index (Phi) is 2.26. The molecule has 1 aromatic carbocycles. The van der Waals surface area contributed by atoms with E-state index in [-0.39, 0.29) is 0 Å². The number of nitrogens with zero attached hydrogens (tertiary/aromatic N) is 1. The summed E-state index contributed by atoms with van der Waals surface area (Å²) in [6, 6.07) is 5.82. The van der Waals surface area contributed by atoms with E-state index in [4.69, 9.17) is 11.6 Å². The molecule has 1 heterocycles. The summed E-state index contributed by atoms with van der Waals surface area (Å²) in [5.41, 5.74) is 2.09. The number of aryl methyl sites for hydroxylation is 1. The molecule has 0 fully saturated rings. The first-order valence-electron chi connectivity index (χ1n) is 3.89. The first kappa shape index (κ1) is 8.97. The lowest BCUT2D eigenvalue weighted by atomic mass is 10.1. The standard InChI is InChI=1S/C10H7BrClN/c1-6-2-3-7-8(12)4-5-13-10(7)9(6)11/h2-5H,1H3. The van der Waals surface area contributed by atoms with Crippen LogP contribution in [0.5, 0.6) is 0 Å². The van der Waals surface area contributed by atoms with Crippen molar-refractivity contribution in [1.82, 2.24) is 4.98 Å². The van der Waals surface area contributed by atoms with E-state index in [0.717, 1.165) is 20.4 Å². The molecule has 0 spiro atoms. The van der Waals surface area contributed by atoms with Gasteiger partial charge in [0.15, 0.2) is 0 Å². The van der Waals surface area contributed by atoms with Gasteiger partial charge in [0.25, 0.3) is 0 Å². The van der Waals surface area contributed by atoms with Crippen LogP contribution in [0, 0.1) is 6.92 Å². The maximum absolute atomic E-state index is 6.02. The highest BCUT2D eigenvalue weighted by Gasteiger charge is 2.04. The second-order valence-electron chi connectivity index (χ2n) is 2.89. The van der Waals surface area contributed by atoms with E-state index in [2.05, 4.69) is 20.9 Å². The molecular weight excluding hydrogens is 249 g/mol. The molecule has 0 N–H and O–H groups in total. The second-order valence-corrected chi connectivity index (χ2v) is 4.09. The molecule has 0 aliphatic heterocycles. The quantitative estimate of drug-likeness (QED) is 0.695. The SMILES string of the molecule is Cc1ccc2c(Cl)ccnc2c1Br. The zero-order chi connectivity index (χ0) is 9.42. The van der Waals surface area contributed by atoms with Crippen molar-refractivity contribution < 1.29 is 0 Å². The van der Waals surface area contributed by atoms with Gasteiger partial charge in [-0.05, 0) is 34.5 Å². The van der Waals surface area contributed by atoms with Crippen molar-refractivity contribution in [3.8, 4) is 0 Å². The van der Waals surface area contributed by atoms with Crippen LogP contribution in [-0.4, -0.2) is 4.98 Å². The molecule has 0 atom stereocenters. The van der Waals surface area contributed by atoms with E-state index >= 15 is 0 Å². The van der Waals surface area contributed by atoms with Gasteiger partial charge in [0.2, 0.25) is 0 Å². The second kappa shape index (κ2) is 3.28. The van der Waals surface area contributed by atoms with Crippen LogP contribution < -0.4 is 0 Å². The Bertz CT molecular complexity index is 468. The summed E-state index contributed by atoms with van der Waals surface area (Å²) in [5, 5.41) is 1.73. The minimum atomic E-state index is 0.741. The van der Waals surface area contributed by atoms with Crippen LogP contribution in [0.25, 0.3) is 10.9 Å². The summed E-state index contributed by atoms with van der Waals surface area (Å²) in [7, 11) is 0. The van der Waals surface area contributed by atoms with Crippen molar-refractivity contribution in [3.63, 3.8) is 0 Å². The Labute approximate surface area is 89.9 Å². The van der Waals surface area contributed by atoms with Crippen molar-refractivity contribution >= 4 is 38.4 Å². The lowest BCUT2D eigenvalue weighted by Crippen LogP contribution is -1.83. The predicted octanol–water partition coefficient (Wildman–Crippen LogP) is 3.96. The summed E-state index contributed by atoms with van der Waals surface area (Å²) in [5.74, 6) is 0. The average Bonchev–Trinajstić information content (AvgIpc) is 2.12. The molecule has 13 heavy (non-hydrogen) atoms. The van der Waals surface area contributed by atoms with Crippen LogP contribution in [-0.2, 0) is 0 Å². The molecule has 3 heteroatoms. The van der Waals surface area contributed by atoms with Gasteiger partial charge in [-0.3, -0.25) is 4.98 Å². The Hall–Kier alpha value is -0.600. The highest BCUT2D eigenvalue weighted by Crippen LogP contribution is 2.29. The summed E-state index contributed by atoms with van der Waals surface area (Å²) >= 11 is 9.51. The molecular formula is C10H7BrClN. The molecule has 1 nitrogen and oxygen atoms in total. The van der Waals surface area contributed by atoms with Crippen molar-refractivity contribution in [3.05, 3.63) is 39.5 Å². The third-order valence-electron chi connectivity index (χ3n) is 1.99. The van der Waals surface area contributed by atoms with Gasteiger partial charge in [0.05, 0.1) is 10.5 Å². The average molecular weight is 257 g/mol. The molecule has 1 aromatic heterocycles. The maximum atomic E-state index is 6.02. The van der Waals surface area contributed by atoms with Crippen LogP contribution in [0.1, 0.15) is 5.56 Å². The van der Waals surface area contributed by atoms with E-state index in [9.17, 15) is 0 Å². The fourth-order valence-corrected chi connectivity index (χ4v) is 1.91. The third kappa shape index (κ3) is 1.45. The minimum Gasteiger partial charge on any atom is -0.255 e. The fraction of sp³-hybridized carbons (Fsp3) is 0.100. The Morgan fingerprint density at radius 3 is 2.85 bits per heavy atom. The number of fused-ring (bicyclic) bond motifs is 1. The molecule has 2 rings (SSSR count). The van der Waals surface area contributed by atoms with E-state index in [1.165, 1.54) is 5.56 Å². The molecule has 0 aliphatic rings. The summed E-state index contributed by atoms with van der Waals surface area (Å²) < 4.78 is 1.02. The fourth-order valence-electron chi connectivity index (χ4n) is 1.25. The van der Waals surface area contributed by atoms with Crippen molar-refractivity contribution in [2.75, 3.05) is 0 Å². The number of benzene rings is 1. The van der Waals surface area contributed by atoms with Crippen molar-refractivity contribution in [1.29, 1.82) is 0 Å². The van der Waals surface area contributed by atoms with E-state index in [1.807, 2.05) is 19.1 Å². The van der Waals surface area contributed by atoms with Gasteiger partial charge >= 0.3 is 0 Å². The van der Waals surface area contributed by atoms with E-state index < -0.39 is 0 Å². The molecule has 0 saturated carbocycles. The number of pyridine rings is 1. The van der Waals surface area contributed by atoms with Crippen LogP contribution >= 0.6 is 27.5 Å². The Morgan fingerprint density at radius 1 is 1.31 bits per heavy atom. The van der Waals surface area contributed by atoms with Gasteiger partial charge in [0, 0.05) is 16.1 Å². The number of hydrogen-bond donors (Lipinski definition) is 0. The number of hydrogen-bond acceptors (Lipinski definition) is 1. The number of aromatic nitrogens is 1. The van der Waals surface area contributed by atoms with Gasteiger partial charge in [-0.25, -0.2) is 0 Å². The minimum absolute atomic E-state index is 0.741. The van der Waals surface area contributed by atoms with Gasteiger partial charge in [0.1, 0.15) is 0 Å². The number of rotatable bonds is 0. The van der Waals surface area contributed by atoms with Gasteiger partial charge in [-0.15, -0.1) is 0 Å². The van der Waals surface area contributed by atoms with Crippen LogP contribution in [0.3, 0.4) is 0 Å². The molecule has 0 radical (unpaired) electrons. The molecule has 0 bridgehead atoms. The first-order valence-corrected chi connectivity index (χ1v) is 5.06. The van der Waals surface area contributed by atoms with Gasteiger partial charge < -0.3 is 0 Å². The van der Waals surface area contributed by atoms with Crippen molar-refractivity contribution in [2.45, 2.75) is 6.92 Å². The van der Waals surface area contributed by atoms with Gasteiger partial charge in [-0.1, -0.05) is 23.7 Å². The Balaban J connectivity index is 2.94.